The van der Waals surface area contributed by atoms with Gasteiger partial charge in [0, 0.05) is 0 Å². The second-order valence-electron chi connectivity index (χ2n) is 1.94. The molecule has 1 N–H and O–H groups in total. The zero-order valence-electron chi connectivity index (χ0n) is 5.56. The van der Waals surface area contributed by atoms with Gasteiger partial charge in [0.15, 0.2) is 0 Å². The van der Waals surface area contributed by atoms with Crippen LogP contribution in [-0.4, -0.2) is 29.2 Å². The fourth-order valence-electron chi connectivity index (χ4n) is 0.366. The van der Waals surface area contributed by atoms with E-state index in [9.17, 15) is 27.2 Å². The molecule has 7 heteroatoms. The summed E-state index contributed by atoms with van der Waals surface area (Å²) in [6.45, 7) is 0. The molecule has 0 aromatic heterocycles. The van der Waals surface area contributed by atoms with E-state index in [1.807, 2.05) is 0 Å². The molecule has 0 rings (SSSR count). The van der Waals surface area contributed by atoms with Gasteiger partial charge in [0.05, 0.1) is 6.42 Å². The number of carboxylic acid groups (broad SMARTS) is 1. The van der Waals surface area contributed by atoms with E-state index in [2.05, 4.69) is 0 Å². The second kappa shape index (κ2) is 3.51. The van der Waals surface area contributed by atoms with Gasteiger partial charge < -0.3 is 5.11 Å². The number of hydrogen-bond acceptors (Lipinski definition) is 2. The van der Waals surface area contributed by atoms with Crippen molar-refractivity contribution in [2.75, 3.05) is 0 Å². The van der Waals surface area contributed by atoms with Crippen LogP contribution in [0, 0.1) is 0 Å². The summed E-state index contributed by atoms with van der Waals surface area (Å²) < 4.78 is 46.0. The molecule has 0 fully saturated rings. The third-order valence-corrected chi connectivity index (χ3v) is 0.958. The average Bonchev–Trinajstić information content (AvgIpc) is 1.85. The van der Waals surface area contributed by atoms with Crippen molar-refractivity contribution in [3.05, 3.63) is 0 Å². The lowest BCUT2D eigenvalue weighted by Gasteiger charge is -2.09. The van der Waals surface area contributed by atoms with Crippen molar-refractivity contribution in [3.63, 3.8) is 0 Å². The lowest BCUT2D eigenvalue weighted by molar-refractivity contribution is -0.184. The molecule has 0 radical (unpaired) electrons. The van der Waals surface area contributed by atoms with Gasteiger partial charge in [0.2, 0.25) is 12.0 Å². The molecular formula is C5H4F4O3. The molecule has 0 aliphatic heterocycles. The van der Waals surface area contributed by atoms with Gasteiger partial charge in [-0.25, -0.2) is 9.18 Å². The zero-order chi connectivity index (χ0) is 9.94. The third-order valence-electron chi connectivity index (χ3n) is 0.958. The number of alkyl halides is 4. The van der Waals surface area contributed by atoms with Crippen LogP contribution in [0.5, 0.6) is 0 Å². The summed E-state index contributed by atoms with van der Waals surface area (Å²) in [6, 6.07) is 0. The Morgan fingerprint density at radius 3 is 2.00 bits per heavy atom. The monoisotopic (exact) mass is 188 g/mol. The topological polar surface area (TPSA) is 54.4 Å². The van der Waals surface area contributed by atoms with E-state index in [1.54, 1.807) is 0 Å². The zero-order valence-corrected chi connectivity index (χ0v) is 5.56. The van der Waals surface area contributed by atoms with E-state index in [4.69, 9.17) is 5.11 Å². The number of rotatable bonds is 3. The Morgan fingerprint density at radius 2 is 1.75 bits per heavy atom. The highest BCUT2D eigenvalue weighted by molar-refractivity contribution is 6.32. The van der Waals surface area contributed by atoms with Crippen LogP contribution in [0.15, 0.2) is 0 Å². The van der Waals surface area contributed by atoms with Crippen molar-refractivity contribution in [1.82, 2.24) is 0 Å². The summed E-state index contributed by atoms with van der Waals surface area (Å²) in [5.74, 6) is -3.86. The molecule has 0 amide bonds. The van der Waals surface area contributed by atoms with Crippen LogP contribution in [-0.2, 0) is 9.59 Å². The number of aliphatic carboxylic acids is 1. The van der Waals surface area contributed by atoms with Gasteiger partial charge in [-0.05, 0) is 0 Å². The van der Waals surface area contributed by atoms with Gasteiger partial charge in [-0.15, -0.1) is 0 Å². The van der Waals surface area contributed by atoms with Gasteiger partial charge >= 0.3 is 12.1 Å². The van der Waals surface area contributed by atoms with Crippen LogP contribution in [0.3, 0.4) is 0 Å². The lowest BCUT2D eigenvalue weighted by Crippen LogP contribution is -2.29. The standard InChI is InChI=1S/C5H4F4O3/c6-3(5(7,8)9)1-2(10)4(11)12/h3H,1H2,(H,11,12). The first-order chi connectivity index (χ1) is 5.25. The number of carbonyl (C=O) groups excluding carboxylic acids is 1. The van der Waals surface area contributed by atoms with Crippen molar-refractivity contribution >= 4 is 11.8 Å². The van der Waals surface area contributed by atoms with Crippen molar-refractivity contribution in [3.8, 4) is 0 Å². The molecule has 3 nitrogen and oxygen atoms in total. The molecule has 12 heavy (non-hydrogen) atoms. The highest BCUT2D eigenvalue weighted by Crippen LogP contribution is 2.25. The minimum atomic E-state index is -5.18. The smallest absolute Gasteiger partial charge is 0.420 e. The van der Waals surface area contributed by atoms with E-state index in [0.717, 1.165) is 0 Å². The van der Waals surface area contributed by atoms with E-state index < -0.39 is 30.5 Å². The summed E-state index contributed by atoms with van der Waals surface area (Å²) >= 11 is 0. The first-order valence-electron chi connectivity index (χ1n) is 2.72. The van der Waals surface area contributed by atoms with Gasteiger partial charge in [-0.2, -0.15) is 13.2 Å². The van der Waals surface area contributed by atoms with Gasteiger partial charge in [0.25, 0.3) is 0 Å². The highest BCUT2D eigenvalue weighted by atomic mass is 19.4. The molecule has 1 atom stereocenters. The SMILES string of the molecule is O=C(O)C(=O)CC(F)C(F)(F)F. The molecule has 0 heterocycles. The van der Waals surface area contributed by atoms with E-state index in [1.165, 1.54) is 0 Å². The van der Waals surface area contributed by atoms with E-state index >= 15 is 0 Å². The number of carboxylic acids is 1. The molecule has 70 valence electrons. The van der Waals surface area contributed by atoms with Gasteiger partial charge in [0.1, 0.15) is 0 Å². The van der Waals surface area contributed by atoms with Crippen molar-refractivity contribution in [2.45, 2.75) is 18.8 Å². The molecule has 0 saturated carbocycles. The number of Topliss-reactive ketones (excluding diaryl/α,β-unsaturated/α-hetero) is 1. The van der Waals surface area contributed by atoms with Crippen molar-refractivity contribution in [2.24, 2.45) is 0 Å². The van der Waals surface area contributed by atoms with Crippen LogP contribution < -0.4 is 0 Å². The third kappa shape index (κ3) is 3.31. The number of hydrogen-bond donors (Lipinski definition) is 1. The molecule has 0 saturated heterocycles. The quantitative estimate of drug-likeness (QED) is 0.529. The fraction of sp³-hybridized carbons (Fsp3) is 0.600. The Morgan fingerprint density at radius 1 is 1.33 bits per heavy atom. The minimum Gasteiger partial charge on any atom is -0.475 e. The molecule has 0 spiro atoms. The minimum absolute atomic E-state index is 1.67. The molecule has 0 bridgehead atoms. The summed E-state index contributed by atoms with van der Waals surface area (Å²) in [5.41, 5.74) is 0. The number of ketones is 1. The Balaban J connectivity index is 4.11. The fourth-order valence-corrected chi connectivity index (χ4v) is 0.366. The van der Waals surface area contributed by atoms with E-state index in [-0.39, 0.29) is 0 Å². The Bertz CT molecular complexity index is 197. The number of carbonyl (C=O) groups is 2. The maximum Gasteiger partial charge on any atom is 0.420 e. The molecule has 1 unspecified atom stereocenters. The molecule has 0 aliphatic carbocycles. The van der Waals surface area contributed by atoms with Crippen LogP contribution in [0.25, 0.3) is 0 Å². The lowest BCUT2D eigenvalue weighted by atomic mass is 10.2. The van der Waals surface area contributed by atoms with Gasteiger partial charge in [-0.3, -0.25) is 4.79 Å². The predicted molar refractivity (Wildman–Crippen MR) is 28.2 cm³/mol. The summed E-state index contributed by atoms with van der Waals surface area (Å²) in [6.07, 6.45) is -10.2. The van der Waals surface area contributed by atoms with Crippen LogP contribution in [0.2, 0.25) is 0 Å². The summed E-state index contributed by atoms with van der Waals surface area (Å²) in [4.78, 5) is 19.7. The molecule has 0 aromatic carbocycles. The highest BCUT2D eigenvalue weighted by Gasteiger charge is 2.42. The normalized spacial score (nSPS) is 14.0. The average molecular weight is 188 g/mol. The Labute approximate surface area is 64.0 Å². The summed E-state index contributed by atoms with van der Waals surface area (Å²) in [5, 5.41) is 7.81. The van der Waals surface area contributed by atoms with Crippen LogP contribution >= 0.6 is 0 Å². The molecule has 0 aliphatic rings. The maximum atomic E-state index is 11.9. The largest absolute Gasteiger partial charge is 0.475 e. The first-order valence-corrected chi connectivity index (χ1v) is 2.72. The number of halogens is 4. The first kappa shape index (κ1) is 10.9. The predicted octanol–water partition coefficient (Wildman–Crippen LogP) is 0.931. The molecular weight excluding hydrogens is 184 g/mol. The van der Waals surface area contributed by atoms with E-state index in [0.29, 0.717) is 0 Å². The Kier molecular flexibility index (Phi) is 3.17. The van der Waals surface area contributed by atoms with Crippen molar-refractivity contribution < 1.29 is 32.3 Å². The Hall–Kier alpha value is -1.14. The van der Waals surface area contributed by atoms with Crippen LogP contribution in [0.4, 0.5) is 17.6 Å². The maximum absolute atomic E-state index is 11.9. The van der Waals surface area contributed by atoms with Crippen molar-refractivity contribution in [1.29, 1.82) is 0 Å². The van der Waals surface area contributed by atoms with Gasteiger partial charge in [-0.1, -0.05) is 0 Å². The second-order valence-corrected chi connectivity index (χ2v) is 1.94. The van der Waals surface area contributed by atoms with Crippen LogP contribution in [0.1, 0.15) is 6.42 Å². The molecule has 0 aromatic rings. The summed E-state index contributed by atoms with van der Waals surface area (Å²) in [7, 11) is 0.